The second-order valence-corrected chi connectivity index (χ2v) is 11.6. The number of hydrogen-bond donors (Lipinski definition) is 3. The molecular formula is C26H30N4O2S. The van der Waals surface area contributed by atoms with Gasteiger partial charge in [0.15, 0.2) is 0 Å². The summed E-state index contributed by atoms with van der Waals surface area (Å²) in [4.78, 5) is 15.8. The first kappa shape index (κ1) is 20.0. The molecule has 2 aromatic heterocycles. The minimum Gasteiger partial charge on any atom is -0.487 e. The van der Waals surface area contributed by atoms with Crippen LogP contribution in [0.1, 0.15) is 32.1 Å². The Kier molecular flexibility index (Phi) is 4.01. The highest BCUT2D eigenvalue weighted by molar-refractivity contribution is 7.99. The first-order valence-electron chi connectivity index (χ1n) is 12.0. The quantitative estimate of drug-likeness (QED) is 0.486. The molecule has 0 aliphatic heterocycles. The van der Waals surface area contributed by atoms with Crippen LogP contribution in [0.5, 0.6) is 5.75 Å². The highest BCUT2D eigenvalue weighted by Gasteiger charge is 2.75. The lowest BCUT2D eigenvalue weighted by Crippen LogP contribution is -2.59. The topological polar surface area (TPSA) is 85.1 Å². The average Bonchev–Trinajstić information content (AvgIpc) is 3.43. The van der Waals surface area contributed by atoms with Crippen LogP contribution >= 0.6 is 11.9 Å². The number of nitrogens with two attached hydrogens (primary N) is 1. The number of benzene rings is 1. The Morgan fingerprint density at radius 2 is 2.09 bits per heavy atom. The third kappa shape index (κ3) is 2.58. The summed E-state index contributed by atoms with van der Waals surface area (Å²) < 4.78 is 12.1. The molecule has 1 spiro atoms. The molecule has 0 saturated heterocycles. The van der Waals surface area contributed by atoms with E-state index in [1.165, 1.54) is 12.8 Å². The van der Waals surface area contributed by atoms with Crippen LogP contribution < -0.4 is 20.8 Å². The van der Waals surface area contributed by atoms with Crippen LogP contribution in [0.3, 0.4) is 0 Å². The van der Waals surface area contributed by atoms with Crippen molar-refractivity contribution in [2.75, 3.05) is 11.0 Å². The van der Waals surface area contributed by atoms with E-state index in [0.29, 0.717) is 28.8 Å². The molecule has 7 rings (SSSR count). The maximum absolute atomic E-state index is 12.7. The fourth-order valence-corrected chi connectivity index (χ4v) is 8.67. The number of aryl methyl sites for hydroxylation is 1. The van der Waals surface area contributed by atoms with Gasteiger partial charge >= 0.3 is 0 Å². The van der Waals surface area contributed by atoms with Gasteiger partial charge in [0, 0.05) is 53.9 Å². The van der Waals surface area contributed by atoms with Gasteiger partial charge in [-0.2, -0.15) is 0 Å². The van der Waals surface area contributed by atoms with Crippen molar-refractivity contribution < 1.29 is 4.74 Å². The number of fused-ring (bicyclic) bond motifs is 3. The summed E-state index contributed by atoms with van der Waals surface area (Å²) >= 11 is 1.57. The fraction of sp³-hybridized carbons (Fsp3) is 0.500. The summed E-state index contributed by atoms with van der Waals surface area (Å²) in [6.45, 7) is 0. The van der Waals surface area contributed by atoms with E-state index < -0.39 is 0 Å². The lowest BCUT2D eigenvalue weighted by atomic mass is 9.53. The number of pyridine rings is 1. The smallest absolute Gasteiger partial charge is 0.274 e. The van der Waals surface area contributed by atoms with Gasteiger partial charge in [0.05, 0.1) is 0 Å². The lowest BCUT2D eigenvalue weighted by Gasteiger charge is -2.54. The second kappa shape index (κ2) is 6.60. The SMILES string of the molecule is CSNc1ccc(OC23CC4CC5C(N)C(C2)C5(C4)C3)c(-c2cn(C)c(=O)c3[nH]ccc23)c1. The number of nitrogens with zero attached hydrogens (tertiary/aromatic N) is 1. The van der Waals surface area contributed by atoms with Crippen LogP contribution in [0, 0.1) is 23.2 Å². The van der Waals surface area contributed by atoms with E-state index in [9.17, 15) is 4.79 Å². The molecule has 1 aromatic carbocycles. The number of rotatable bonds is 5. The van der Waals surface area contributed by atoms with E-state index >= 15 is 0 Å². The van der Waals surface area contributed by atoms with Crippen molar-refractivity contribution in [3.8, 4) is 16.9 Å². The Bertz CT molecular complexity index is 1350. The van der Waals surface area contributed by atoms with Crippen LogP contribution in [0.4, 0.5) is 5.69 Å². The van der Waals surface area contributed by atoms with Gasteiger partial charge in [-0.15, -0.1) is 0 Å². The van der Waals surface area contributed by atoms with Crippen LogP contribution in [-0.4, -0.2) is 27.4 Å². The van der Waals surface area contributed by atoms with E-state index in [2.05, 4.69) is 27.9 Å². The predicted octanol–water partition coefficient (Wildman–Crippen LogP) is 4.51. The zero-order valence-corrected chi connectivity index (χ0v) is 19.9. The highest BCUT2D eigenvalue weighted by atomic mass is 32.2. The molecule has 4 aliphatic carbocycles. The molecule has 0 amide bonds. The van der Waals surface area contributed by atoms with Crippen molar-refractivity contribution in [1.82, 2.24) is 9.55 Å². The van der Waals surface area contributed by atoms with E-state index in [0.717, 1.165) is 53.1 Å². The molecule has 3 bridgehead atoms. The van der Waals surface area contributed by atoms with Gasteiger partial charge in [-0.25, -0.2) is 0 Å². The monoisotopic (exact) mass is 462 g/mol. The Morgan fingerprint density at radius 3 is 2.94 bits per heavy atom. The van der Waals surface area contributed by atoms with Crippen molar-refractivity contribution in [3.63, 3.8) is 0 Å². The third-order valence-corrected chi connectivity index (χ3v) is 9.72. The molecule has 6 atom stereocenters. The van der Waals surface area contributed by atoms with Gasteiger partial charge in [0.1, 0.15) is 16.9 Å². The van der Waals surface area contributed by atoms with Gasteiger partial charge in [-0.1, -0.05) is 11.9 Å². The minimum atomic E-state index is -0.114. The summed E-state index contributed by atoms with van der Waals surface area (Å²) in [5, 5.41) is 0.928. The van der Waals surface area contributed by atoms with Crippen molar-refractivity contribution in [2.45, 2.75) is 43.7 Å². The molecule has 7 heteroatoms. The highest BCUT2D eigenvalue weighted by Crippen LogP contribution is 2.76. The fourth-order valence-electron chi connectivity index (χ4n) is 8.31. The summed E-state index contributed by atoms with van der Waals surface area (Å²) in [6, 6.07) is 8.70. The van der Waals surface area contributed by atoms with E-state index in [-0.39, 0.29) is 11.2 Å². The largest absolute Gasteiger partial charge is 0.487 e. The van der Waals surface area contributed by atoms with Crippen molar-refractivity contribution >= 4 is 28.5 Å². The lowest BCUT2D eigenvalue weighted by molar-refractivity contribution is -0.0345. The molecule has 2 heterocycles. The molecular weight excluding hydrogens is 432 g/mol. The third-order valence-electron chi connectivity index (χ3n) is 9.28. The normalized spacial score (nSPS) is 35.6. The van der Waals surface area contributed by atoms with Crippen molar-refractivity contribution in [3.05, 3.63) is 47.0 Å². The van der Waals surface area contributed by atoms with E-state index in [4.69, 9.17) is 10.5 Å². The number of ether oxygens (including phenoxy) is 1. The molecule has 172 valence electrons. The Hall–Kier alpha value is -2.38. The first-order valence-corrected chi connectivity index (χ1v) is 13.2. The number of anilines is 1. The number of aromatic nitrogens is 2. The maximum atomic E-state index is 12.7. The zero-order valence-electron chi connectivity index (χ0n) is 19.1. The maximum Gasteiger partial charge on any atom is 0.274 e. The predicted molar refractivity (Wildman–Crippen MR) is 133 cm³/mol. The molecule has 4 N–H and O–H groups in total. The van der Waals surface area contributed by atoms with Crippen LogP contribution in [-0.2, 0) is 7.05 Å². The zero-order chi connectivity index (χ0) is 22.5. The molecule has 3 aromatic rings. The van der Waals surface area contributed by atoms with Crippen LogP contribution in [0.2, 0.25) is 0 Å². The number of hydrogen-bond acceptors (Lipinski definition) is 5. The standard InChI is InChI=1S/C26H30N4O2S/c1-30-12-18(16-5-6-28-23(16)24(30)31)17-8-15(29-33-2)3-4-21(17)32-25-9-14-7-19-22(27)20(11-25)26(19,10-14)13-25/h3-6,8,12,14,19-20,22,28-29H,7,9-11,13,27H2,1-2H3. The molecule has 33 heavy (non-hydrogen) atoms. The molecule has 4 fully saturated rings. The minimum absolute atomic E-state index is 0.0199. The van der Waals surface area contributed by atoms with Gasteiger partial charge < -0.3 is 24.7 Å². The molecule has 6 unspecified atom stereocenters. The summed E-state index contributed by atoms with van der Waals surface area (Å²) in [7, 11) is 1.81. The Labute approximate surface area is 197 Å². The summed E-state index contributed by atoms with van der Waals surface area (Å²) in [5.41, 5.74) is 10.6. The summed E-state index contributed by atoms with van der Waals surface area (Å²) in [6.07, 6.45) is 11.8. The number of aromatic amines is 1. The van der Waals surface area contributed by atoms with Crippen LogP contribution in [0.15, 0.2) is 41.5 Å². The molecule has 4 aliphatic rings. The number of H-pyrrole nitrogens is 1. The Balaban J connectivity index is 1.36. The molecule has 0 radical (unpaired) electrons. The van der Waals surface area contributed by atoms with Gasteiger partial charge in [-0.05, 0) is 79.5 Å². The van der Waals surface area contributed by atoms with E-state index in [1.807, 2.05) is 31.8 Å². The molecule has 6 nitrogen and oxygen atoms in total. The Morgan fingerprint density at radius 1 is 1.21 bits per heavy atom. The van der Waals surface area contributed by atoms with Gasteiger partial charge in [0.25, 0.3) is 5.56 Å². The summed E-state index contributed by atoms with van der Waals surface area (Å²) in [5.74, 6) is 2.98. The van der Waals surface area contributed by atoms with E-state index in [1.54, 1.807) is 16.5 Å². The molecule has 4 saturated carbocycles. The van der Waals surface area contributed by atoms with Crippen molar-refractivity contribution in [2.24, 2.45) is 36.0 Å². The van der Waals surface area contributed by atoms with Gasteiger partial charge in [0.2, 0.25) is 0 Å². The first-order chi connectivity index (χ1) is 15.9. The van der Waals surface area contributed by atoms with Gasteiger partial charge in [-0.3, -0.25) is 4.79 Å². The average molecular weight is 463 g/mol. The second-order valence-electron chi connectivity index (χ2n) is 10.9. The number of nitrogens with one attached hydrogen (secondary N) is 2. The van der Waals surface area contributed by atoms with Crippen molar-refractivity contribution in [1.29, 1.82) is 0 Å². The van der Waals surface area contributed by atoms with Crippen LogP contribution in [0.25, 0.3) is 22.0 Å².